The van der Waals surface area contributed by atoms with E-state index in [1.807, 2.05) is 25.2 Å². The van der Waals surface area contributed by atoms with Crippen LogP contribution in [-0.4, -0.2) is 26.4 Å². The highest BCUT2D eigenvalue weighted by atomic mass is 79.9. The summed E-state index contributed by atoms with van der Waals surface area (Å²) in [6, 6.07) is 44.5. The van der Waals surface area contributed by atoms with Crippen LogP contribution in [0.5, 0.6) is 0 Å². The summed E-state index contributed by atoms with van der Waals surface area (Å²) >= 11 is 0. The molecule has 0 aliphatic rings. The highest BCUT2D eigenvalue weighted by Crippen LogP contribution is 2.58. The van der Waals surface area contributed by atoms with Gasteiger partial charge >= 0.3 is 0 Å². The Hall–Kier alpha value is -4.32. The number of aromatic nitrogens is 4. The minimum atomic E-state index is -2.40. The maximum atomic E-state index is 14.2. The first-order valence-corrected chi connectivity index (χ1v) is 15.6. The average molecular weight is 654 g/mol. The van der Waals surface area contributed by atoms with Crippen molar-refractivity contribution in [1.82, 2.24) is 20.2 Å². The van der Waals surface area contributed by atoms with Crippen molar-refractivity contribution < 1.29 is 25.8 Å². The summed E-state index contributed by atoms with van der Waals surface area (Å²) in [5, 5.41) is 16.3. The average Bonchev–Trinajstić information content (AvgIpc) is 3.47. The van der Waals surface area contributed by atoms with Crippen LogP contribution >= 0.6 is 7.26 Å². The molecule has 0 N–H and O–H groups in total. The van der Waals surface area contributed by atoms with E-state index in [0.717, 1.165) is 22.3 Å². The Kier molecular flexibility index (Phi) is 9.34. The number of tetrazole rings is 1. The number of allylic oxidation sites excluding steroid dienone is 1. The molecule has 5 aromatic carbocycles. The van der Waals surface area contributed by atoms with Gasteiger partial charge in [-0.15, -0.1) is 5.10 Å². The van der Waals surface area contributed by atoms with Crippen molar-refractivity contribution in [2.45, 2.75) is 0 Å². The Morgan fingerprint density at radius 2 is 1.00 bits per heavy atom. The monoisotopic (exact) mass is 652 g/mol. The van der Waals surface area contributed by atoms with E-state index in [1.54, 1.807) is 28.9 Å². The SMILES string of the molecule is Cn1nnnc1C(C[P+](c1ccccc1)(c1ccccc1)c1ccccc1)=C(c1ccc(F)cc1)c1ccc(F)cc1.[Br-]. The number of halogens is 3. The molecule has 8 heteroatoms. The molecule has 0 amide bonds. The highest BCUT2D eigenvalue weighted by molar-refractivity contribution is 7.96. The lowest BCUT2D eigenvalue weighted by Gasteiger charge is -2.29. The number of aryl methyl sites for hydroxylation is 1. The molecule has 1 heterocycles. The lowest BCUT2D eigenvalue weighted by Crippen LogP contribution is -3.00. The first-order valence-electron chi connectivity index (χ1n) is 13.6. The fourth-order valence-corrected chi connectivity index (χ4v) is 9.76. The molecule has 0 saturated heterocycles. The van der Waals surface area contributed by atoms with Crippen molar-refractivity contribution in [3.05, 3.63) is 168 Å². The zero-order valence-electron chi connectivity index (χ0n) is 23.4. The lowest BCUT2D eigenvalue weighted by atomic mass is 9.93. The van der Waals surface area contributed by atoms with Gasteiger partial charge in [0, 0.05) is 12.6 Å². The van der Waals surface area contributed by atoms with Crippen LogP contribution in [0.1, 0.15) is 17.0 Å². The summed E-state index contributed by atoms with van der Waals surface area (Å²) in [4.78, 5) is 0. The Bertz CT molecular complexity index is 1670. The van der Waals surface area contributed by atoms with Gasteiger partial charge in [0.25, 0.3) is 0 Å². The first-order chi connectivity index (χ1) is 20.6. The quantitative estimate of drug-likeness (QED) is 0.237. The van der Waals surface area contributed by atoms with E-state index in [2.05, 4.69) is 88.3 Å². The molecule has 43 heavy (non-hydrogen) atoms. The van der Waals surface area contributed by atoms with E-state index >= 15 is 0 Å². The van der Waals surface area contributed by atoms with Crippen LogP contribution in [0.25, 0.3) is 11.1 Å². The molecule has 1 aromatic heterocycles. The molecule has 0 radical (unpaired) electrons. The topological polar surface area (TPSA) is 43.6 Å². The summed E-state index contributed by atoms with van der Waals surface area (Å²) in [5.41, 5.74) is 3.27. The van der Waals surface area contributed by atoms with Crippen LogP contribution in [0, 0.1) is 11.6 Å². The summed E-state index contributed by atoms with van der Waals surface area (Å²) in [5.74, 6) is -0.0802. The van der Waals surface area contributed by atoms with Crippen molar-refractivity contribution in [3.8, 4) is 0 Å². The number of nitrogens with zero attached hydrogens (tertiary/aromatic N) is 4. The molecule has 0 saturated carbocycles. The highest BCUT2D eigenvalue weighted by Gasteiger charge is 2.47. The van der Waals surface area contributed by atoms with Crippen LogP contribution in [0.4, 0.5) is 8.78 Å². The van der Waals surface area contributed by atoms with Gasteiger partial charge in [-0.1, -0.05) is 78.9 Å². The molecule has 6 rings (SSSR count). The van der Waals surface area contributed by atoms with Crippen LogP contribution in [0.2, 0.25) is 0 Å². The number of rotatable bonds is 8. The summed E-state index contributed by atoms with van der Waals surface area (Å²) in [6.45, 7) is 0. The van der Waals surface area contributed by atoms with Gasteiger partial charge in [-0.2, -0.15) is 0 Å². The Labute approximate surface area is 260 Å². The van der Waals surface area contributed by atoms with Crippen LogP contribution in [-0.2, 0) is 7.05 Å². The third-order valence-electron chi connectivity index (χ3n) is 7.44. The van der Waals surface area contributed by atoms with E-state index in [4.69, 9.17) is 0 Å². The second-order valence-corrected chi connectivity index (χ2v) is 13.5. The maximum Gasteiger partial charge on any atom is 0.182 e. The van der Waals surface area contributed by atoms with Gasteiger partial charge < -0.3 is 17.0 Å². The van der Waals surface area contributed by atoms with E-state index < -0.39 is 7.26 Å². The predicted molar refractivity (Wildman–Crippen MR) is 168 cm³/mol. The fourth-order valence-electron chi connectivity index (χ4n) is 5.50. The third kappa shape index (κ3) is 6.10. The van der Waals surface area contributed by atoms with E-state index in [0.29, 0.717) is 12.0 Å². The molecular weight excluding hydrogens is 625 g/mol. The van der Waals surface area contributed by atoms with E-state index in [9.17, 15) is 8.78 Å². The maximum absolute atomic E-state index is 14.2. The summed E-state index contributed by atoms with van der Waals surface area (Å²) in [6.07, 6.45) is 0.559. The molecule has 4 nitrogen and oxygen atoms in total. The lowest BCUT2D eigenvalue weighted by molar-refractivity contribution is -0.00000954. The molecule has 0 aliphatic carbocycles. The molecule has 0 atom stereocenters. The van der Waals surface area contributed by atoms with Crippen LogP contribution in [0.15, 0.2) is 140 Å². The zero-order valence-corrected chi connectivity index (χ0v) is 25.8. The van der Waals surface area contributed by atoms with Crippen molar-refractivity contribution in [1.29, 1.82) is 0 Å². The minimum Gasteiger partial charge on any atom is -1.00 e. The zero-order chi connectivity index (χ0) is 28.9. The molecule has 0 unspecified atom stereocenters. The molecular formula is C35H28BrF2N4P. The minimum absolute atomic E-state index is 0. The van der Waals surface area contributed by atoms with E-state index in [-0.39, 0.29) is 28.6 Å². The molecule has 0 spiro atoms. The van der Waals surface area contributed by atoms with Gasteiger partial charge in [0.05, 0.1) is 0 Å². The van der Waals surface area contributed by atoms with Gasteiger partial charge in [-0.05, 0) is 87.8 Å². The molecule has 0 aliphatic heterocycles. The van der Waals surface area contributed by atoms with Crippen LogP contribution in [0.3, 0.4) is 0 Å². The van der Waals surface area contributed by atoms with Crippen molar-refractivity contribution in [2.24, 2.45) is 7.05 Å². The van der Waals surface area contributed by atoms with Crippen molar-refractivity contribution in [3.63, 3.8) is 0 Å². The largest absolute Gasteiger partial charge is 1.00 e. The van der Waals surface area contributed by atoms with E-state index in [1.165, 1.54) is 40.2 Å². The Morgan fingerprint density at radius 3 is 1.35 bits per heavy atom. The normalized spacial score (nSPS) is 11.0. The number of hydrogen-bond donors (Lipinski definition) is 0. The van der Waals surface area contributed by atoms with Gasteiger partial charge in [-0.25, -0.2) is 13.5 Å². The molecule has 0 bridgehead atoms. The second-order valence-electron chi connectivity index (χ2n) is 9.97. The standard InChI is InChI=1S/C35H28F2N4P.BrH/c1-41-35(38-39-40-41)33(34(26-17-21-28(36)22-18-26)27-19-23-29(37)24-20-27)25-42(30-11-5-2-6-12-30,31-13-7-3-8-14-31)32-15-9-4-10-16-32;/h2-24H,25H2,1H3;1H/q+1;/p-1. The fraction of sp³-hybridized carbons (Fsp3) is 0.0571. The first kappa shape index (κ1) is 30.1. The van der Waals surface area contributed by atoms with Crippen LogP contribution < -0.4 is 32.9 Å². The molecule has 6 aromatic rings. The van der Waals surface area contributed by atoms with Gasteiger partial charge in [0.2, 0.25) is 0 Å². The van der Waals surface area contributed by atoms with Gasteiger partial charge in [-0.3, -0.25) is 0 Å². The Morgan fingerprint density at radius 1 is 0.605 bits per heavy atom. The third-order valence-corrected chi connectivity index (χ3v) is 11.8. The van der Waals surface area contributed by atoms with Crippen molar-refractivity contribution >= 4 is 34.3 Å². The summed E-state index contributed by atoms with van der Waals surface area (Å²) < 4.78 is 30.0. The smallest absolute Gasteiger partial charge is 0.182 e. The molecule has 0 fully saturated rings. The predicted octanol–water partition coefficient (Wildman–Crippen LogP) is 3.45. The van der Waals surface area contributed by atoms with Gasteiger partial charge in [0.15, 0.2) is 5.82 Å². The summed E-state index contributed by atoms with van der Waals surface area (Å²) in [7, 11) is -0.584. The second kappa shape index (κ2) is 13.3. The Balaban J connectivity index is 0.00000368. The number of benzene rings is 5. The molecule has 214 valence electrons. The van der Waals surface area contributed by atoms with Gasteiger partial charge in [0.1, 0.15) is 41.0 Å². The van der Waals surface area contributed by atoms with Crippen molar-refractivity contribution in [2.75, 3.05) is 6.16 Å². The number of hydrogen-bond acceptors (Lipinski definition) is 3.